The van der Waals surface area contributed by atoms with Gasteiger partial charge >= 0.3 is 23.9 Å². The van der Waals surface area contributed by atoms with E-state index < -0.39 is 42.3 Å². The van der Waals surface area contributed by atoms with Gasteiger partial charge in [0, 0.05) is 5.02 Å². The Kier molecular flexibility index (Phi) is 9.44. The van der Waals surface area contributed by atoms with Gasteiger partial charge in [-0.3, -0.25) is 9.59 Å². The van der Waals surface area contributed by atoms with Gasteiger partial charge < -0.3 is 18.9 Å². The van der Waals surface area contributed by atoms with Gasteiger partial charge in [-0.15, -0.1) is 0 Å². The smallest absolute Gasteiger partial charge is 0.351 e. The average molecular weight is 415 g/mol. The quantitative estimate of drug-likeness (QED) is 0.425. The van der Waals surface area contributed by atoms with Crippen molar-refractivity contribution in [3.05, 3.63) is 34.9 Å². The van der Waals surface area contributed by atoms with Crippen LogP contribution in [0.5, 0.6) is 0 Å². The number of hydrogen-bond donors (Lipinski definition) is 0. The molecule has 0 bridgehead atoms. The summed E-state index contributed by atoms with van der Waals surface area (Å²) in [6.07, 6.45) is -1.39. The normalized spacial score (nSPS) is 10.7. The summed E-state index contributed by atoms with van der Waals surface area (Å²) < 4.78 is 20.0. The van der Waals surface area contributed by atoms with Gasteiger partial charge in [-0.2, -0.15) is 0 Å². The largest absolute Gasteiger partial charge is 0.466 e. The van der Waals surface area contributed by atoms with E-state index in [1.54, 1.807) is 20.8 Å². The van der Waals surface area contributed by atoms with Crippen LogP contribution >= 0.6 is 11.6 Å². The predicted octanol–water partition coefficient (Wildman–Crippen LogP) is 2.71. The molecule has 0 radical (unpaired) electrons. The van der Waals surface area contributed by atoms with Crippen molar-refractivity contribution >= 4 is 35.5 Å². The van der Waals surface area contributed by atoms with Crippen LogP contribution < -0.4 is 0 Å². The summed E-state index contributed by atoms with van der Waals surface area (Å²) in [5.74, 6) is -3.63. The van der Waals surface area contributed by atoms with Crippen molar-refractivity contribution < 1.29 is 38.1 Å². The van der Waals surface area contributed by atoms with Gasteiger partial charge in [0.15, 0.2) is 0 Å². The fourth-order valence-corrected chi connectivity index (χ4v) is 2.42. The monoisotopic (exact) mass is 414 g/mol. The maximum absolute atomic E-state index is 12.6. The molecule has 0 amide bonds. The van der Waals surface area contributed by atoms with Crippen LogP contribution in [0.1, 0.15) is 44.0 Å². The van der Waals surface area contributed by atoms with E-state index in [1.807, 2.05) is 0 Å². The molecule has 0 N–H and O–H groups in total. The Morgan fingerprint density at radius 2 is 1.29 bits per heavy atom. The molecule has 0 unspecified atom stereocenters. The molecule has 0 aliphatic carbocycles. The van der Waals surface area contributed by atoms with Crippen LogP contribution in [-0.4, -0.2) is 49.3 Å². The summed E-state index contributed by atoms with van der Waals surface area (Å²) >= 11 is 5.80. The van der Waals surface area contributed by atoms with Crippen LogP contribution in [0.4, 0.5) is 0 Å². The van der Waals surface area contributed by atoms with E-state index in [1.165, 1.54) is 24.3 Å². The van der Waals surface area contributed by atoms with Gasteiger partial charge in [0.2, 0.25) is 5.60 Å². The lowest BCUT2D eigenvalue weighted by Crippen LogP contribution is -2.48. The molecule has 154 valence electrons. The second-order valence-electron chi connectivity index (χ2n) is 5.57. The molecule has 0 heterocycles. The van der Waals surface area contributed by atoms with Crippen molar-refractivity contribution in [3.8, 4) is 0 Å². The third kappa shape index (κ3) is 6.84. The molecule has 0 atom stereocenters. The van der Waals surface area contributed by atoms with Gasteiger partial charge in [0.05, 0.1) is 38.2 Å². The SMILES string of the molecule is CCOC(=O)CC(CC(=O)OCC)(OC(=O)c1ccc(Cl)cc1)C(=O)OCC. The van der Waals surface area contributed by atoms with Crippen LogP contribution in [0.15, 0.2) is 24.3 Å². The predicted molar refractivity (Wildman–Crippen MR) is 98.7 cm³/mol. The summed E-state index contributed by atoms with van der Waals surface area (Å²) in [6, 6.07) is 5.69. The minimum absolute atomic E-state index is 0.0439. The number of esters is 4. The highest BCUT2D eigenvalue weighted by molar-refractivity contribution is 6.30. The molecule has 28 heavy (non-hydrogen) atoms. The third-order valence-electron chi connectivity index (χ3n) is 3.49. The van der Waals surface area contributed by atoms with E-state index in [0.717, 1.165) is 0 Å². The second kappa shape index (κ2) is 11.3. The highest BCUT2D eigenvalue weighted by atomic mass is 35.5. The summed E-state index contributed by atoms with van der Waals surface area (Å²) in [5, 5.41) is 0.395. The van der Waals surface area contributed by atoms with Crippen molar-refractivity contribution in [1.82, 2.24) is 0 Å². The number of carbonyl (C=O) groups is 4. The lowest BCUT2D eigenvalue weighted by molar-refractivity contribution is -0.177. The molecule has 0 aromatic heterocycles. The van der Waals surface area contributed by atoms with Gasteiger partial charge in [-0.05, 0) is 45.0 Å². The molecule has 9 heteroatoms. The fourth-order valence-electron chi connectivity index (χ4n) is 2.30. The maximum atomic E-state index is 12.6. The summed E-state index contributed by atoms with van der Waals surface area (Å²) in [4.78, 5) is 49.4. The van der Waals surface area contributed by atoms with Crippen LogP contribution in [0.3, 0.4) is 0 Å². The Bertz CT molecular complexity index is 678. The van der Waals surface area contributed by atoms with Crippen LogP contribution in [0, 0.1) is 0 Å². The third-order valence-corrected chi connectivity index (χ3v) is 3.74. The average Bonchev–Trinajstić information content (AvgIpc) is 2.62. The maximum Gasteiger partial charge on any atom is 0.351 e. The number of halogens is 1. The van der Waals surface area contributed by atoms with Crippen molar-refractivity contribution in [3.63, 3.8) is 0 Å². The van der Waals surface area contributed by atoms with E-state index >= 15 is 0 Å². The summed E-state index contributed by atoms with van der Waals surface area (Å²) in [7, 11) is 0. The molecule has 0 saturated carbocycles. The van der Waals surface area contributed by atoms with Gasteiger partial charge in [0.1, 0.15) is 0 Å². The standard InChI is InChI=1S/C19H23ClO8/c1-4-25-15(21)11-19(18(24)27-6-3,12-16(22)26-5-2)28-17(23)13-7-9-14(20)10-8-13/h7-10H,4-6,11-12H2,1-3H3. The first-order valence-corrected chi connectivity index (χ1v) is 9.13. The minimum atomic E-state index is -2.22. The molecule has 1 aromatic carbocycles. The number of ether oxygens (including phenoxy) is 4. The van der Waals surface area contributed by atoms with Crippen molar-refractivity contribution in [1.29, 1.82) is 0 Å². The second-order valence-corrected chi connectivity index (χ2v) is 6.01. The molecule has 0 saturated heterocycles. The number of carbonyl (C=O) groups excluding carboxylic acids is 4. The molecule has 8 nitrogen and oxygen atoms in total. The Morgan fingerprint density at radius 3 is 1.71 bits per heavy atom. The van der Waals surface area contributed by atoms with E-state index in [0.29, 0.717) is 5.02 Å². The first kappa shape index (κ1) is 23.4. The van der Waals surface area contributed by atoms with E-state index in [2.05, 4.69) is 0 Å². The van der Waals surface area contributed by atoms with Gasteiger partial charge in [0.25, 0.3) is 0 Å². The van der Waals surface area contributed by atoms with Crippen molar-refractivity contribution in [2.24, 2.45) is 0 Å². The Hall–Kier alpha value is -2.61. The highest BCUT2D eigenvalue weighted by Crippen LogP contribution is 2.27. The number of benzene rings is 1. The Labute approximate surface area is 168 Å². The van der Waals surface area contributed by atoms with Crippen LogP contribution in [0.2, 0.25) is 5.02 Å². The zero-order chi connectivity index (χ0) is 21.2. The first-order valence-electron chi connectivity index (χ1n) is 8.75. The molecule has 0 aliphatic rings. The molecule has 0 spiro atoms. The van der Waals surface area contributed by atoms with E-state index in [-0.39, 0.29) is 25.4 Å². The molecular formula is C19H23ClO8. The van der Waals surface area contributed by atoms with Crippen LogP contribution in [0.25, 0.3) is 0 Å². The molecule has 1 rings (SSSR count). The fraction of sp³-hybridized carbons (Fsp3) is 0.474. The Morgan fingerprint density at radius 1 is 0.821 bits per heavy atom. The topological polar surface area (TPSA) is 105 Å². The lowest BCUT2D eigenvalue weighted by Gasteiger charge is -2.29. The number of rotatable bonds is 10. The summed E-state index contributed by atoms with van der Waals surface area (Å²) in [5.41, 5.74) is -2.14. The van der Waals surface area contributed by atoms with Crippen molar-refractivity contribution in [2.75, 3.05) is 19.8 Å². The molecule has 0 aliphatic heterocycles. The molecule has 1 aromatic rings. The van der Waals surface area contributed by atoms with Gasteiger partial charge in [-0.1, -0.05) is 11.6 Å². The van der Waals surface area contributed by atoms with Crippen LogP contribution in [-0.2, 0) is 33.3 Å². The lowest BCUT2D eigenvalue weighted by atomic mass is 9.94. The zero-order valence-corrected chi connectivity index (χ0v) is 16.7. The zero-order valence-electron chi connectivity index (χ0n) is 16.0. The van der Waals surface area contributed by atoms with E-state index in [4.69, 9.17) is 30.5 Å². The minimum Gasteiger partial charge on any atom is -0.466 e. The van der Waals surface area contributed by atoms with Crippen molar-refractivity contribution in [2.45, 2.75) is 39.2 Å². The van der Waals surface area contributed by atoms with Gasteiger partial charge in [-0.25, -0.2) is 9.59 Å². The molecular weight excluding hydrogens is 392 g/mol. The van der Waals surface area contributed by atoms with E-state index in [9.17, 15) is 19.2 Å². The molecule has 0 fully saturated rings. The first-order chi connectivity index (χ1) is 13.3. The Balaban J connectivity index is 3.27. The number of hydrogen-bond acceptors (Lipinski definition) is 8. The summed E-state index contributed by atoms with van der Waals surface area (Å²) in [6.45, 7) is 4.73. The highest BCUT2D eigenvalue weighted by Gasteiger charge is 2.49.